The van der Waals surface area contributed by atoms with Gasteiger partial charge < -0.3 is 9.64 Å². The quantitative estimate of drug-likeness (QED) is 0.362. The highest BCUT2D eigenvalue weighted by atomic mass is 16.6. The first-order chi connectivity index (χ1) is 8.18. The summed E-state index contributed by atoms with van der Waals surface area (Å²) in [7, 11) is 0. The molecule has 1 aliphatic rings. The highest BCUT2D eigenvalue weighted by Crippen LogP contribution is 2.15. The van der Waals surface area contributed by atoms with Crippen molar-refractivity contribution < 1.29 is 9.66 Å². The number of nitrogens with one attached hydrogen (secondary N) is 1. The van der Waals surface area contributed by atoms with Gasteiger partial charge in [0, 0.05) is 30.8 Å². The van der Waals surface area contributed by atoms with Gasteiger partial charge in [-0.25, -0.2) is 0 Å². The molecule has 0 aromatic heterocycles. The van der Waals surface area contributed by atoms with Gasteiger partial charge in [0.05, 0.1) is 18.1 Å². The molecule has 1 fully saturated rings. The minimum absolute atomic E-state index is 0.0144. The molecule has 1 N–H and O–H groups in total. The molecule has 0 unspecified atom stereocenters. The Balaban J connectivity index is 2.18. The zero-order valence-corrected chi connectivity index (χ0v) is 9.26. The van der Waals surface area contributed by atoms with Crippen LogP contribution in [-0.4, -0.2) is 42.0 Å². The van der Waals surface area contributed by atoms with Crippen molar-refractivity contribution in [2.75, 3.05) is 26.3 Å². The third kappa shape index (κ3) is 2.59. The third-order valence-electron chi connectivity index (χ3n) is 2.66. The Morgan fingerprint density at radius 1 is 1.41 bits per heavy atom. The number of non-ortho nitro benzene ring substituents is 1. The van der Waals surface area contributed by atoms with Crippen LogP contribution in [0.4, 0.5) is 5.69 Å². The van der Waals surface area contributed by atoms with Crippen LogP contribution in [0.25, 0.3) is 0 Å². The zero-order valence-electron chi connectivity index (χ0n) is 9.26. The Hall–Kier alpha value is -1.95. The molecule has 1 heterocycles. The number of morpholine rings is 1. The van der Waals surface area contributed by atoms with Crippen molar-refractivity contribution in [3.8, 4) is 0 Å². The minimum Gasteiger partial charge on any atom is -0.378 e. The number of nitro groups is 1. The van der Waals surface area contributed by atoms with Crippen molar-refractivity contribution in [1.82, 2.24) is 4.90 Å². The minimum atomic E-state index is -0.448. The fourth-order valence-corrected chi connectivity index (χ4v) is 1.74. The summed E-state index contributed by atoms with van der Waals surface area (Å²) in [5.41, 5.74) is 0.585. The van der Waals surface area contributed by atoms with Crippen molar-refractivity contribution in [3.05, 3.63) is 39.9 Å². The first-order valence-corrected chi connectivity index (χ1v) is 5.34. The Morgan fingerprint density at radius 3 is 2.76 bits per heavy atom. The van der Waals surface area contributed by atoms with Crippen LogP contribution < -0.4 is 0 Å². The van der Waals surface area contributed by atoms with Crippen LogP contribution in [0.5, 0.6) is 0 Å². The molecule has 0 amide bonds. The molecule has 0 atom stereocenters. The fraction of sp³-hybridized carbons (Fsp3) is 0.364. The molecule has 0 aliphatic carbocycles. The number of amidine groups is 1. The van der Waals surface area contributed by atoms with Crippen molar-refractivity contribution in [2.24, 2.45) is 0 Å². The summed E-state index contributed by atoms with van der Waals surface area (Å²) in [4.78, 5) is 12.1. The average Bonchev–Trinajstić information content (AvgIpc) is 2.39. The number of nitro benzene ring substituents is 1. The van der Waals surface area contributed by atoms with Gasteiger partial charge in [0.2, 0.25) is 0 Å². The van der Waals surface area contributed by atoms with E-state index < -0.39 is 4.92 Å². The number of ether oxygens (including phenoxy) is 1. The van der Waals surface area contributed by atoms with Gasteiger partial charge in [-0.1, -0.05) is 12.1 Å². The van der Waals surface area contributed by atoms with Crippen LogP contribution in [0, 0.1) is 15.5 Å². The second kappa shape index (κ2) is 4.92. The predicted octanol–water partition coefficient (Wildman–Crippen LogP) is 1.25. The standard InChI is InChI=1S/C11H13N3O3/c12-11(13-4-6-17-7-5-13)9-2-1-3-10(8-9)14(15)16/h1-3,8,12H,4-7H2. The monoisotopic (exact) mass is 235 g/mol. The van der Waals surface area contributed by atoms with E-state index in [2.05, 4.69) is 0 Å². The second-order valence-corrected chi connectivity index (χ2v) is 3.76. The average molecular weight is 235 g/mol. The molecule has 6 nitrogen and oxygen atoms in total. The molecule has 0 radical (unpaired) electrons. The lowest BCUT2D eigenvalue weighted by atomic mass is 10.1. The van der Waals surface area contributed by atoms with Gasteiger partial charge in [-0.05, 0) is 0 Å². The molecule has 0 bridgehead atoms. The summed E-state index contributed by atoms with van der Waals surface area (Å²) in [6.07, 6.45) is 0. The Morgan fingerprint density at radius 2 is 2.12 bits per heavy atom. The van der Waals surface area contributed by atoms with Crippen molar-refractivity contribution in [2.45, 2.75) is 0 Å². The maximum atomic E-state index is 10.7. The number of nitrogens with zero attached hydrogens (tertiary/aromatic N) is 2. The maximum absolute atomic E-state index is 10.7. The molecule has 0 saturated carbocycles. The summed E-state index contributed by atoms with van der Waals surface area (Å²) in [6.45, 7) is 2.50. The predicted molar refractivity (Wildman–Crippen MR) is 62.3 cm³/mol. The Bertz CT molecular complexity index is 441. The molecule has 1 aromatic carbocycles. The molecule has 1 aromatic rings. The summed E-state index contributed by atoms with van der Waals surface area (Å²) in [6, 6.07) is 6.17. The summed E-state index contributed by atoms with van der Waals surface area (Å²) in [5.74, 6) is 0.317. The smallest absolute Gasteiger partial charge is 0.270 e. The van der Waals surface area contributed by atoms with Crippen LogP contribution in [0.3, 0.4) is 0 Å². The van der Waals surface area contributed by atoms with E-state index in [-0.39, 0.29) is 5.69 Å². The summed E-state index contributed by atoms with van der Waals surface area (Å²) >= 11 is 0. The van der Waals surface area contributed by atoms with Crippen LogP contribution in [0.15, 0.2) is 24.3 Å². The molecule has 6 heteroatoms. The van der Waals surface area contributed by atoms with E-state index >= 15 is 0 Å². The Labute approximate surface area is 98.5 Å². The topological polar surface area (TPSA) is 79.5 Å². The van der Waals surface area contributed by atoms with Gasteiger partial charge in [0.15, 0.2) is 0 Å². The van der Waals surface area contributed by atoms with E-state index in [0.29, 0.717) is 37.7 Å². The number of hydrogen-bond donors (Lipinski definition) is 1. The Kier molecular flexibility index (Phi) is 3.34. The van der Waals surface area contributed by atoms with Gasteiger partial charge in [0.1, 0.15) is 5.84 Å². The summed E-state index contributed by atoms with van der Waals surface area (Å²) in [5, 5.41) is 18.7. The molecule has 2 rings (SSSR count). The molecule has 1 saturated heterocycles. The first kappa shape index (κ1) is 11.5. The van der Waals surface area contributed by atoms with E-state index in [0.717, 1.165) is 0 Å². The molecule has 17 heavy (non-hydrogen) atoms. The molecule has 90 valence electrons. The molecule has 0 spiro atoms. The van der Waals surface area contributed by atoms with Gasteiger partial charge in [-0.3, -0.25) is 15.5 Å². The van der Waals surface area contributed by atoms with Gasteiger partial charge in [-0.2, -0.15) is 0 Å². The van der Waals surface area contributed by atoms with Crippen molar-refractivity contribution >= 4 is 11.5 Å². The van der Waals surface area contributed by atoms with Crippen LogP contribution >= 0.6 is 0 Å². The second-order valence-electron chi connectivity index (χ2n) is 3.76. The first-order valence-electron chi connectivity index (χ1n) is 5.34. The van der Waals surface area contributed by atoms with Crippen LogP contribution in [-0.2, 0) is 4.74 Å². The lowest BCUT2D eigenvalue weighted by molar-refractivity contribution is -0.384. The summed E-state index contributed by atoms with van der Waals surface area (Å²) < 4.78 is 5.20. The zero-order chi connectivity index (χ0) is 12.3. The van der Waals surface area contributed by atoms with Gasteiger partial charge >= 0.3 is 0 Å². The van der Waals surface area contributed by atoms with Crippen LogP contribution in [0.2, 0.25) is 0 Å². The van der Waals surface area contributed by atoms with Crippen molar-refractivity contribution in [3.63, 3.8) is 0 Å². The van der Waals surface area contributed by atoms with Gasteiger partial charge in [-0.15, -0.1) is 0 Å². The number of benzene rings is 1. The SMILES string of the molecule is N=C(c1cccc([N+](=O)[O-])c1)N1CCOCC1. The van der Waals surface area contributed by atoms with E-state index in [1.54, 1.807) is 12.1 Å². The fourth-order valence-electron chi connectivity index (χ4n) is 1.74. The normalized spacial score (nSPS) is 15.6. The van der Waals surface area contributed by atoms with E-state index in [4.69, 9.17) is 10.1 Å². The number of hydrogen-bond acceptors (Lipinski definition) is 4. The lowest BCUT2D eigenvalue weighted by Gasteiger charge is -2.28. The maximum Gasteiger partial charge on any atom is 0.270 e. The molecular formula is C11H13N3O3. The van der Waals surface area contributed by atoms with Crippen LogP contribution in [0.1, 0.15) is 5.56 Å². The molecule has 1 aliphatic heterocycles. The van der Waals surface area contributed by atoms with Gasteiger partial charge in [0.25, 0.3) is 5.69 Å². The number of rotatable bonds is 2. The van der Waals surface area contributed by atoms with E-state index in [9.17, 15) is 10.1 Å². The molecular weight excluding hydrogens is 222 g/mol. The third-order valence-corrected chi connectivity index (χ3v) is 2.66. The van der Waals surface area contributed by atoms with Crippen molar-refractivity contribution in [1.29, 1.82) is 5.41 Å². The highest BCUT2D eigenvalue weighted by Gasteiger charge is 2.17. The largest absolute Gasteiger partial charge is 0.378 e. The van der Waals surface area contributed by atoms with E-state index in [1.165, 1.54) is 12.1 Å². The highest BCUT2D eigenvalue weighted by molar-refractivity contribution is 5.96. The lowest BCUT2D eigenvalue weighted by Crippen LogP contribution is -2.40. The van der Waals surface area contributed by atoms with E-state index in [1.807, 2.05) is 4.90 Å².